The molecule has 0 radical (unpaired) electrons. The summed E-state index contributed by atoms with van der Waals surface area (Å²) in [5, 5.41) is 10.9. The van der Waals surface area contributed by atoms with Crippen molar-refractivity contribution in [3.8, 4) is 0 Å². The van der Waals surface area contributed by atoms with E-state index in [1.165, 1.54) is 0 Å². The molecule has 5 nitrogen and oxygen atoms in total. The van der Waals surface area contributed by atoms with Crippen LogP contribution in [-0.4, -0.2) is 35.6 Å². The fourth-order valence-corrected chi connectivity index (χ4v) is 4.95. The van der Waals surface area contributed by atoms with Crippen LogP contribution in [0.5, 0.6) is 0 Å². The highest BCUT2D eigenvalue weighted by Crippen LogP contribution is 2.71. The standard InChI is InChI=1S/C17H25NO4/c1-15(2)16(3)6-7-17(15,10-12(16)19)14(22)18-8-4-11(5-9-18)13(20)21/h11H,4-10H2,1-3H3,(H,20,21)/p-1/t16-,17+/m1/s1. The molecule has 1 amide bonds. The summed E-state index contributed by atoms with van der Waals surface area (Å²) in [6.07, 6.45) is 2.79. The lowest BCUT2D eigenvalue weighted by Crippen LogP contribution is -2.52. The fraction of sp³-hybridized carbons (Fsp3) is 0.824. The highest BCUT2D eigenvalue weighted by Gasteiger charge is 2.73. The van der Waals surface area contributed by atoms with Gasteiger partial charge in [-0.2, -0.15) is 0 Å². The predicted octanol–water partition coefficient (Wildman–Crippen LogP) is 0.760. The number of Topliss-reactive ketones (excluding diaryl/α,β-unsaturated/α-hetero) is 1. The van der Waals surface area contributed by atoms with Crippen molar-refractivity contribution >= 4 is 17.7 Å². The Morgan fingerprint density at radius 1 is 1.14 bits per heavy atom. The number of piperidine rings is 1. The van der Waals surface area contributed by atoms with Gasteiger partial charge >= 0.3 is 0 Å². The first kappa shape index (κ1) is 15.5. The zero-order valence-corrected chi connectivity index (χ0v) is 13.6. The largest absolute Gasteiger partial charge is 0.550 e. The van der Waals surface area contributed by atoms with Gasteiger partial charge in [0.15, 0.2) is 0 Å². The normalized spacial score (nSPS) is 37.6. The second kappa shape index (κ2) is 4.56. The van der Waals surface area contributed by atoms with Crippen molar-refractivity contribution in [1.29, 1.82) is 0 Å². The minimum atomic E-state index is -1.02. The van der Waals surface area contributed by atoms with Gasteiger partial charge in [-0.05, 0) is 31.1 Å². The van der Waals surface area contributed by atoms with Gasteiger partial charge in [-0.3, -0.25) is 9.59 Å². The van der Waals surface area contributed by atoms with E-state index in [1.54, 1.807) is 4.90 Å². The molecule has 1 heterocycles. The van der Waals surface area contributed by atoms with Crippen LogP contribution in [0.15, 0.2) is 0 Å². The number of carbonyl (C=O) groups excluding carboxylic acids is 3. The van der Waals surface area contributed by atoms with Crippen molar-refractivity contribution in [2.45, 2.75) is 52.9 Å². The number of carboxylic acid groups (broad SMARTS) is 1. The molecule has 0 spiro atoms. The average Bonchev–Trinajstić information content (AvgIpc) is 2.77. The zero-order chi connectivity index (χ0) is 16.3. The lowest BCUT2D eigenvalue weighted by atomic mass is 9.64. The van der Waals surface area contributed by atoms with Crippen LogP contribution in [0.3, 0.4) is 0 Å². The number of amides is 1. The molecule has 22 heavy (non-hydrogen) atoms. The van der Waals surface area contributed by atoms with Crippen LogP contribution in [0.4, 0.5) is 0 Å². The number of hydrogen-bond acceptors (Lipinski definition) is 4. The number of nitrogens with zero attached hydrogens (tertiary/aromatic N) is 1. The Balaban J connectivity index is 1.82. The maximum absolute atomic E-state index is 13.2. The molecule has 0 N–H and O–H groups in total. The maximum atomic E-state index is 13.2. The monoisotopic (exact) mass is 306 g/mol. The summed E-state index contributed by atoms with van der Waals surface area (Å²) in [5.41, 5.74) is -1.32. The Kier molecular flexibility index (Phi) is 3.21. The second-order valence-electron chi connectivity index (χ2n) is 8.02. The van der Waals surface area contributed by atoms with Crippen LogP contribution in [0.25, 0.3) is 0 Å². The van der Waals surface area contributed by atoms with Gasteiger partial charge in [0, 0.05) is 36.8 Å². The third-order valence-electron chi connectivity index (χ3n) is 7.23. The average molecular weight is 306 g/mol. The molecule has 0 aromatic rings. The van der Waals surface area contributed by atoms with Gasteiger partial charge in [-0.15, -0.1) is 0 Å². The Morgan fingerprint density at radius 3 is 2.14 bits per heavy atom. The van der Waals surface area contributed by atoms with Crippen LogP contribution in [0.2, 0.25) is 0 Å². The van der Waals surface area contributed by atoms with Crippen molar-refractivity contribution < 1.29 is 19.5 Å². The lowest BCUT2D eigenvalue weighted by molar-refractivity contribution is -0.312. The lowest BCUT2D eigenvalue weighted by Gasteiger charge is -2.43. The van der Waals surface area contributed by atoms with Crippen molar-refractivity contribution in [2.75, 3.05) is 13.1 Å². The van der Waals surface area contributed by atoms with Gasteiger partial charge in [0.1, 0.15) is 5.78 Å². The fourth-order valence-electron chi connectivity index (χ4n) is 4.95. The van der Waals surface area contributed by atoms with Gasteiger partial charge < -0.3 is 14.8 Å². The number of fused-ring (bicyclic) bond motifs is 2. The molecule has 3 aliphatic rings. The molecular weight excluding hydrogens is 282 g/mol. The van der Waals surface area contributed by atoms with Crippen molar-refractivity contribution in [3.63, 3.8) is 0 Å². The van der Waals surface area contributed by atoms with Gasteiger partial charge in [0.05, 0.1) is 5.41 Å². The van der Waals surface area contributed by atoms with Crippen molar-refractivity contribution in [1.82, 2.24) is 4.90 Å². The summed E-state index contributed by atoms with van der Waals surface area (Å²) in [5.74, 6) is -1.20. The molecule has 1 aliphatic heterocycles. The third kappa shape index (κ3) is 1.68. The first-order valence-electron chi connectivity index (χ1n) is 8.19. The Bertz CT molecular complexity index is 547. The molecule has 3 fully saturated rings. The number of aliphatic carboxylic acids is 1. The number of rotatable bonds is 2. The van der Waals surface area contributed by atoms with Crippen LogP contribution in [0, 0.1) is 22.2 Å². The smallest absolute Gasteiger partial charge is 0.229 e. The second-order valence-corrected chi connectivity index (χ2v) is 8.02. The Hall–Kier alpha value is -1.39. The Labute approximate surface area is 131 Å². The summed E-state index contributed by atoms with van der Waals surface area (Å²) in [6.45, 7) is 7.02. The molecule has 0 aromatic carbocycles. The van der Waals surface area contributed by atoms with Crippen LogP contribution in [-0.2, 0) is 14.4 Å². The highest BCUT2D eigenvalue weighted by molar-refractivity contribution is 5.99. The van der Waals surface area contributed by atoms with Gasteiger partial charge in [0.25, 0.3) is 0 Å². The minimum Gasteiger partial charge on any atom is -0.550 e. The molecular formula is C17H24NO4-. The van der Waals surface area contributed by atoms with E-state index >= 15 is 0 Å². The molecule has 2 bridgehead atoms. The highest BCUT2D eigenvalue weighted by atomic mass is 16.4. The van der Waals surface area contributed by atoms with E-state index in [9.17, 15) is 19.5 Å². The van der Waals surface area contributed by atoms with Crippen LogP contribution < -0.4 is 5.11 Å². The van der Waals surface area contributed by atoms with Crippen molar-refractivity contribution in [2.24, 2.45) is 22.2 Å². The van der Waals surface area contributed by atoms with E-state index in [4.69, 9.17) is 0 Å². The number of hydrogen-bond donors (Lipinski definition) is 0. The molecule has 2 saturated carbocycles. The molecule has 0 unspecified atom stereocenters. The summed E-state index contributed by atoms with van der Waals surface area (Å²) in [4.78, 5) is 38.3. The zero-order valence-electron chi connectivity index (χ0n) is 13.6. The van der Waals surface area contributed by atoms with Gasteiger partial charge in [-0.25, -0.2) is 0 Å². The summed E-state index contributed by atoms with van der Waals surface area (Å²) < 4.78 is 0. The molecule has 2 aliphatic carbocycles. The molecule has 3 rings (SSSR count). The van der Waals surface area contributed by atoms with E-state index in [-0.39, 0.29) is 17.1 Å². The first-order chi connectivity index (χ1) is 10.2. The minimum absolute atomic E-state index is 0.0591. The third-order valence-corrected chi connectivity index (χ3v) is 7.23. The molecule has 122 valence electrons. The van der Waals surface area contributed by atoms with Crippen LogP contribution >= 0.6 is 0 Å². The maximum Gasteiger partial charge on any atom is 0.229 e. The number of carbonyl (C=O) groups is 3. The van der Waals surface area contributed by atoms with Gasteiger partial charge in [0.2, 0.25) is 5.91 Å². The quantitative estimate of drug-likeness (QED) is 0.754. The first-order valence-corrected chi connectivity index (χ1v) is 8.19. The van der Waals surface area contributed by atoms with Crippen molar-refractivity contribution in [3.05, 3.63) is 0 Å². The van der Waals surface area contributed by atoms with E-state index in [0.29, 0.717) is 32.4 Å². The molecule has 2 atom stereocenters. The SMILES string of the molecule is CC1(C)[C@@]2(C(=O)N3CCC(C(=O)[O-])CC3)CC[C@]1(C)C(=O)C2. The summed E-state index contributed by atoms with van der Waals surface area (Å²) >= 11 is 0. The molecule has 5 heteroatoms. The molecule has 1 saturated heterocycles. The topological polar surface area (TPSA) is 77.5 Å². The van der Waals surface area contributed by atoms with E-state index in [0.717, 1.165) is 12.8 Å². The number of ketones is 1. The van der Waals surface area contributed by atoms with Crippen LogP contribution in [0.1, 0.15) is 52.9 Å². The number of carboxylic acids is 1. The van der Waals surface area contributed by atoms with E-state index in [2.05, 4.69) is 13.8 Å². The Morgan fingerprint density at radius 2 is 1.73 bits per heavy atom. The van der Waals surface area contributed by atoms with E-state index < -0.39 is 22.7 Å². The van der Waals surface area contributed by atoms with E-state index in [1.807, 2.05) is 6.92 Å². The summed E-state index contributed by atoms with van der Waals surface area (Å²) in [6, 6.07) is 0. The number of likely N-dealkylation sites (tertiary alicyclic amines) is 1. The molecule has 0 aromatic heterocycles. The van der Waals surface area contributed by atoms with Gasteiger partial charge in [-0.1, -0.05) is 20.8 Å². The summed E-state index contributed by atoms with van der Waals surface area (Å²) in [7, 11) is 0. The predicted molar refractivity (Wildman–Crippen MR) is 77.5 cm³/mol.